The Bertz CT molecular complexity index is 1620. The minimum absolute atomic E-state index is 0.0559. The molecule has 1 heterocycles. The second kappa shape index (κ2) is 22.4. The Balaban J connectivity index is 2.16. The van der Waals surface area contributed by atoms with E-state index in [2.05, 4.69) is 25.8 Å². The van der Waals surface area contributed by atoms with Crippen molar-refractivity contribution >= 4 is 55.1 Å². The maximum absolute atomic E-state index is 13.8. The lowest BCUT2D eigenvalue weighted by atomic mass is 10.0. The first-order chi connectivity index (χ1) is 26.2. The van der Waals surface area contributed by atoms with Crippen molar-refractivity contribution in [2.75, 3.05) is 13.1 Å². The van der Waals surface area contributed by atoms with Gasteiger partial charge in [0, 0.05) is 19.4 Å². The molecule has 0 radical (unpaired) electrons. The van der Waals surface area contributed by atoms with Crippen molar-refractivity contribution in [2.45, 2.75) is 107 Å². The topological polar surface area (TPSA) is 379 Å². The molecule has 1 aromatic carbocycles. The largest absolute Gasteiger partial charge is 0.524 e. The van der Waals surface area contributed by atoms with Crippen LogP contribution in [0.2, 0.25) is 0 Å². The minimum Gasteiger partial charge on any atom is -0.480 e. The fourth-order valence-electron chi connectivity index (χ4n) is 5.75. The number of phosphoric ester groups is 1. The number of likely N-dealkylation sites (tertiary alicyclic amines) is 1. The van der Waals surface area contributed by atoms with E-state index in [0.717, 1.165) is 0 Å². The van der Waals surface area contributed by atoms with Gasteiger partial charge in [0.15, 0.2) is 0 Å². The second-order valence-electron chi connectivity index (χ2n) is 13.3. The van der Waals surface area contributed by atoms with Gasteiger partial charge in [0.1, 0.15) is 36.0 Å². The fraction of sp³-hybridized carbons (Fsp3) is 0.576. The normalized spacial score (nSPS) is 16.7. The predicted molar refractivity (Wildman–Crippen MR) is 196 cm³/mol. The number of carboxylic acid groups (broad SMARTS) is 1. The van der Waals surface area contributed by atoms with Gasteiger partial charge in [-0.1, -0.05) is 12.1 Å². The molecular weight excluding hydrogens is 761 g/mol. The van der Waals surface area contributed by atoms with Crippen molar-refractivity contribution in [3.8, 4) is 5.75 Å². The van der Waals surface area contributed by atoms with E-state index in [0.29, 0.717) is 31.4 Å². The third kappa shape index (κ3) is 16.3. The molecule has 1 saturated heterocycles. The molecule has 0 aliphatic carbocycles. The number of hydrogen-bond donors (Lipinski definition) is 11. The molecule has 0 bridgehead atoms. The van der Waals surface area contributed by atoms with E-state index in [1.54, 1.807) is 0 Å². The van der Waals surface area contributed by atoms with Crippen molar-refractivity contribution in [3.63, 3.8) is 0 Å². The Kier molecular flexibility index (Phi) is 18.8. The molecule has 312 valence electrons. The van der Waals surface area contributed by atoms with Crippen molar-refractivity contribution < 1.29 is 62.3 Å². The van der Waals surface area contributed by atoms with Gasteiger partial charge in [0.25, 0.3) is 0 Å². The SMILES string of the molecule is C[C@H](NC(=O)[C@H](CCC(N)=O)NC(=O)[C@@H]1CCCN1C(=O)[C@H](CCC(N)=O)NC(=O)[C@@H](N)Cc1ccc(OP(=O)(O)O)cc1)C(=O)N[C@@H](CCCCN)C(=O)O. The van der Waals surface area contributed by atoms with Gasteiger partial charge in [-0.15, -0.1) is 0 Å². The van der Waals surface area contributed by atoms with Gasteiger partial charge in [-0.05, 0) is 82.5 Å². The average molecular weight is 814 g/mol. The lowest BCUT2D eigenvalue weighted by Crippen LogP contribution is -2.58. The van der Waals surface area contributed by atoms with Gasteiger partial charge in [-0.3, -0.25) is 43.3 Å². The lowest BCUT2D eigenvalue weighted by Gasteiger charge is -2.30. The summed E-state index contributed by atoms with van der Waals surface area (Å²) in [7, 11) is -4.79. The molecule has 1 aliphatic heterocycles. The summed E-state index contributed by atoms with van der Waals surface area (Å²) in [5.74, 6) is -7.02. The van der Waals surface area contributed by atoms with Crippen LogP contribution < -0.4 is 48.7 Å². The Morgan fingerprint density at radius 2 is 1.43 bits per heavy atom. The lowest BCUT2D eigenvalue weighted by molar-refractivity contribution is -0.143. The monoisotopic (exact) mass is 813 g/mol. The van der Waals surface area contributed by atoms with Crippen molar-refractivity contribution in [1.82, 2.24) is 26.2 Å². The van der Waals surface area contributed by atoms with E-state index in [9.17, 15) is 48.0 Å². The van der Waals surface area contributed by atoms with Crippen LogP contribution in [0.1, 0.15) is 70.3 Å². The Morgan fingerprint density at radius 3 is 1.98 bits per heavy atom. The highest BCUT2D eigenvalue weighted by molar-refractivity contribution is 7.46. The molecule has 22 nitrogen and oxygen atoms in total. The molecule has 7 amide bonds. The number of carbonyl (C=O) groups excluding carboxylic acids is 7. The summed E-state index contributed by atoms with van der Waals surface area (Å²) in [5.41, 5.74) is 22.6. The summed E-state index contributed by atoms with van der Waals surface area (Å²) in [5, 5.41) is 19.2. The minimum atomic E-state index is -4.79. The third-order valence-electron chi connectivity index (χ3n) is 8.70. The van der Waals surface area contributed by atoms with Crippen LogP contribution in [-0.4, -0.2) is 116 Å². The molecule has 1 aliphatic rings. The first-order valence-electron chi connectivity index (χ1n) is 17.8. The number of carbonyl (C=O) groups is 8. The summed E-state index contributed by atoms with van der Waals surface area (Å²) in [6, 6.07) is -2.29. The number of unbranched alkanes of at least 4 members (excludes halogenated alkanes) is 1. The summed E-state index contributed by atoms with van der Waals surface area (Å²) >= 11 is 0. The van der Waals surface area contributed by atoms with Crippen molar-refractivity contribution in [3.05, 3.63) is 29.8 Å². The molecule has 1 fully saturated rings. The molecule has 6 atom stereocenters. The van der Waals surface area contributed by atoms with Crippen LogP contribution in [0.25, 0.3) is 0 Å². The molecule has 0 saturated carbocycles. The number of amides is 7. The van der Waals surface area contributed by atoms with E-state index in [1.807, 2.05) is 0 Å². The van der Waals surface area contributed by atoms with Crippen LogP contribution in [0.3, 0.4) is 0 Å². The fourth-order valence-corrected chi connectivity index (χ4v) is 6.14. The Morgan fingerprint density at radius 1 is 0.839 bits per heavy atom. The number of nitrogens with two attached hydrogens (primary N) is 4. The molecule has 0 aromatic heterocycles. The van der Waals surface area contributed by atoms with Gasteiger partial charge in [0.05, 0.1) is 6.04 Å². The summed E-state index contributed by atoms with van der Waals surface area (Å²) in [6.45, 7) is 1.69. The smallest absolute Gasteiger partial charge is 0.480 e. The number of aliphatic carboxylic acids is 1. The molecule has 23 heteroatoms. The molecule has 0 spiro atoms. The van der Waals surface area contributed by atoms with E-state index in [4.69, 9.17) is 32.7 Å². The zero-order valence-electron chi connectivity index (χ0n) is 30.9. The van der Waals surface area contributed by atoms with Crippen LogP contribution in [-0.2, 0) is 49.3 Å². The average Bonchev–Trinajstić information content (AvgIpc) is 3.61. The highest BCUT2D eigenvalue weighted by Gasteiger charge is 2.39. The number of primary amides is 2. The molecule has 56 heavy (non-hydrogen) atoms. The molecular formula is C33H52N9O13P. The number of benzene rings is 1. The van der Waals surface area contributed by atoms with Gasteiger partial charge in [-0.25, -0.2) is 9.36 Å². The Labute approximate surface area is 322 Å². The van der Waals surface area contributed by atoms with E-state index in [-0.39, 0.29) is 57.2 Å². The van der Waals surface area contributed by atoms with Gasteiger partial charge in [0.2, 0.25) is 41.4 Å². The number of rotatable bonds is 24. The second-order valence-corrected chi connectivity index (χ2v) is 14.4. The number of nitrogens with zero attached hydrogens (tertiary/aromatic N) is 1. The van der Waals surface area contributed by atoms with Crippen LogP contribution in [0.4, 0.5) is 0 Å². The number of carboxylic acids is 1. The molecule has 1 aromatic rings. The van der Waals surface area contributed by atoms with Crippen LogP contribution in [0.5, 0.6) is 5.75 Å². The summed E-state index contributed by atoms with van der Waals surface area (Å²) < 4.78 is 15.6. The maximum atomic E-state index is 13.8. The van der Waals surface area contributed by atoms with Gasteiger partial charge < -0.3 is 58.7 Å². The standard InChI is InChI=1S/C33H52N9O13P/c1-18(28(45)41-24(33(50)51)5-2-3-15-34)38-30(47)22(11-13-26(36)43)39-31(48)25-6-4-16-42(25)32(49)23(12-14-27(37)44)40-29(46)21(35)17-19-7-9-20(10-8-19)55-56(52,53)54/h7-10,18,21-25H,2-6,11-17,34-35H2,1H3,(H2,36,43)(H2,37,44)(H,38,47)(H,39,48)(H,40,46)(H,41,45)(H,50,51)(H2,52,53,54)/t18-,21-,22-,23-,24-,25-/m0/s1. The third-order valence-corrected chi connectivity index (χ3v) is 9.15. The number of phosphoric acid groups is 1. The predicted octanol–water partition coefficient (Wildman–Crippen LogP) is -3.28. The van der Waals surface area contributed by atoms with Crippen molar-refractivity contribution in [2.24, 2.45) is 22.9 Å². The van der Waals surface area contributed by atoms with E-state index in [1.165, 1.54) is 36.1 Å². The maximum Gasteiger partial charge on any atom is 0.524 e. The summed E-state index contributed by atoms with van der Waals surface area (Å²) in [4.78, 5) is 121. The highest BCUT2D eigenvalue weighted by atomic mass is 31.2. The van der Waals surface area contributed by atoms with Crippen molar-refractivity contribution in [1.29, 1.82) is 0 Å². The first kappa shape index (κ1) is 47.0. The summed E-state index contributed by atoms with van der Waals surface area (Å²) in [6.07, 6.45) is 0.280. The molecule has 2 rings (SSSR count). The van der Waals surface area contributed by atoms with Crippen LogP contribution in [0, 0.1) is 0 Å². The Hall–Kier alpha value is -5.15. The zero-order valence-corrected chi connectivity index (χ0v) is 31.8. The highest BCUT2D eigenvalue weighted by Crippen LogP contribution is 2.37. The number of hydrogen-bond acceptors (Lipinski definition) is 12. The molecule has 0 unspecified atom stereocenters. The van der Waals surface area contributed by atoms with E-state index < -0.39 is 91.4 Å². The zero-order chi connectivity index (χ0) is 42.2. The van der Waals surface area contributed by atoms with Gasteiger partial charge in [-0.2, -0.15) is 0 Å². The molecule has 15 N–H and O–H groups in total. The first-order valence-corrected chi connectivity index (χ1v) is 19.4. The quantitative estimate of drug-likeness (QED) is 0.0360. The van der Waals surface area contributed by atoms with Gasteiger partial charge >= 0.3 is 13.8 Å². The van der Waals surface area contributed by atoms with Crippen LogP contribution in [0.15, 0.2) is 24.3 Å². The van der Waals surface area contributed by atoms with Crippen LogP contribution >= 0.6 is 7.82 Å². The number of nitrogens with one attached hydrogen (secondary N) is 4. The van der Waals surface area contributed by atoms with E-state index >= 15 is 0 Å².